The summed E-state index contributed by atoms with van der Waals surface area (Å²) in [5, 5.41) is 2.55. The Kier molecular flexibility index (Phi) is 5.40. The van der Waals surface area contributed by atoms with E-state index in [1.165, 1.54) is 0 Å². The van der Waals surface area contributed by atoms with Gasteiger partial charge in [0.15, 0.2) is 0 Å². The minimum absolute atomic E-state index is 0.0335. The number of pyridine rings is 1. The molecule has 100 valence electrons. The highest BCUT2D eigenvalue weighted by Crippen LogP contribution is 2.28. The largest absolute Gasteiger partial charge is 0.417 e. The number of carbonyl (C=O) groups is 1. The Morgan fingerprint density at radius 2 is 2.06 bits per heavy atom. The van der Waals surface area contributed by atoms with Crippen LogP contribution in [0.1, 0.15) is 28.9 Å². The van der Waals surface area contributed by atoms with E-state index in [0.717, 1.165) is 25.0 Å². The first-order valence-electron chi connectivity index (χ1n) is 5.32. The van der Waals surface area contributed by atoms with Gasteiger partial charge in [-0.3, -0.25) is 9.78 Å². The van der Waals surface area contributed by atoms with Crippen molar-refractivity contribution in [3.8, 4) is 0 Å². The third-order valence-corrected chi connectivity index (χ3v) is 2.44. The Bertz CT molecular complexity index is 392. The molecule has 0 bridgehead atoms. The quantitative estimate of drug-likeness (QED) is 0.666. The second-order valence-electron chi connectivity index (χ2n) is 3.58. The van der Waals surface area contributed by atoms with Crippen LogP contribution >= 0.6 is 11.6 Å². The van der Waals surface area contributed by atoms with Crippen molar-refractivity contribution >= 4 is 17.5 Å². The second-order valence-corrected chi connectivity index (χ2v) is 3.96. The molecule has 0 aliphatic carbocycles. The molecule has 0 aromatic carbocycles. The normalized spacial score (nSPS) is 11.3. The molecule has 1 rings (SSSR count). The van der Waals surface area contributed by atoms with Crippen molar-refractivity contribution in [2.45, 2.75) is 19.0 Å². The van der Waals surface area contributed by atoms with E-state index in [2.05, 4.69) is 10.3 Å². The highest BCUT2D eigenvalue weighted by Gasteiger charge is 2.30. The van der Waals surface area contributed by atoms with Crippen molar-refractivity contribution in [1.29, 1.82) is 0 Å². The first kappa shape index (κ1) is 14.8. The predicted octanol–water partition coefficient (Wildman–Crippen LogP) is 2.85. The molecule has 1 aromatic heterocycles. The Balaban J connectivity index is 2.54. The molecule has 0 aliphatic heterocycles. The van der Waals surface area contributed by atoms with Gasteiger partial charge in [0.25, 0.3) is 5.91 Å². The Morgan fingerprint density at radius 3 is 2.56 bits per heavy atom. The van der Waals surface area contributed by atoms with E-state index >= 15 is 0 Å². The average molecular weight is 281 g/mol. The van der Waals surface area contributed by atoms with E-state index in [1.54, 1.807) is 0 Å². The van der Waals surface area contributed by atoms with E-state index in [9.17, 15) is 18.0 Å². The topological polar surface area (TPSA) is 42.0 Å². The smallest absolute Gasteiger partial charge is 0.351 e. The van der Waals surface area contributed by atoms with E-state index in [-0.39, 0.29) is 5.69 Å². The third-order valence-electron chi connectivity index (χ3n) is 2.17. The maximum atomic E-state index is 12.3. The summed E-state index contributed by atoms with van der Waals surface area (Å²) in [6.45, 7) is 0.425. The average Bonchev–Trinajstić information content (AvgIpc) is 2.33. The summed E-state index contributed by atoms with van der Waals surface area (Å²) in [5.74, 6) is 0.0206. The summed E-state index contributed by atoms with van der Waals surface area (Å²) in [5.41, 5.74) is -0.907. The van der Waals surface area contributed by atoms with Crippen LogP contribution in [0.5, 0.6) is 0 Å². The zero-order chi connectivity index (χ0) is 13.6. The summed E-state index contributed by atoms with van der Waals surface area (Å²) < 4.78 is 36.8. The zero-order valence-corrected chi connectivity index (χ0v) is 10.2. The minimum Gasteiger partial charge on any atom is -0.351 e. The van der Waals surface area contributed by atoms with Gasteiger partial charge in [0.05, 0.1) is 5.56 Å². The number of nitrogens with one attached hydrogen (secondary N) is 1. The van der Waals surface area contributed by atoms with E-state index in [1.807, 2.05) is 0 Å². The lowest BCUT2D eigenvalue weighted by Gasteiger charge is -2.07. The van der Waals surface area contributed by atoms with Gasteiger partial charge in [-0.05, 0) is 25.0 Å². The van der Waals surface area contributed by atoms with Gasteiger partial charge in [0, 0.05) is 18.6 Å². The number of amides is 1. The van der Waals surface area contributed by atoms with Crippen LogP contribution in [0.2, 0.25) is 0 Å². The second kappa shape index (κ2) is 6.58. The zero-order valence-electron chi connectivity index (χ0n) is 9.43. The molecule has 0 radical (unpaired) electrons. The molecule has 1 aromatic rings. The molecule has 1 N–H and O–H groups in total. The molecular formula is C11H12ClF3N2O. The molecule has 0 fully saturated rings. The minimum atomic E-state index is -4.44. The Labute approximate surface area is 107 Å². The van der Waals surface area contributed by atoms with Gasteiger partial charge in [0.2, 0.25) is 0 Å². The maximum Gasteiger partial charge on any atom is 0.417 e. The highest BCUT2D eigenvalue weighted by atomic mass is 35.5. The molecule has 3 nitrogen and oxygen atoms in total. The lowest BCUT2D eigenvalue weighted by Crippen LogP contribution is -2.25. The summed E-state index contributed by atoms with van der Waals surface area (Å²) in [6, 6.07) is 1.89. The van der Waals surface area contributed by atoms with Gasteiger partial charge in [-0.25, -0.2) is 0 Å². The Hall–Kier alpha value is -1.30. The number of halogens is 4. The van der Waals surface area contributed by atoms with Crippen LogP contribution in [0.4, 0.5) is 13.2 Å². The molecule has 0 unspecified atom stereocenters. The number of aromatic nitrogens is 1. The number of hydrogen-bond acceptors (Lipinski definition) is 2. The molecule has 0 saturated carbocycles. The van der Waals surface area contributed by atoms with Crippen molar-refractivity contribution in [1.82, 2.24) is 10.3 Å². The maximum absolute atomic E-state index is 12.3. The number of nitrogens with zero attached hydrogens (tertiary/aromatic N) is 1. The van der Waals surface area contributed by atoms with Gasteiger partial charge in [-0.1, -0.05) is 0 Å². The van der Waals surface area contributed by atoms with Crippen molar-refractivity contribution < 1.29 is 18.0 Å². The number of hydrogen-bond donors (Lipinski definition) is 1. The summed E-state index contributed by atoms with van der Waals surface area (Å²) >= 11 is 5.46. The fourth-order valence-corrected chi connectivity index (χ4v) is 1.40. The van der Waals surface area contributed by atoms with E-state index in [0.29, 0.717) is 18.6 Å². The predicted molar refractivity (Wildman–Crippen MR) is 61.5 cm³/mol. The lowest BCUT2D eigenvalue weighted by atomic mass is 10.2. The molecule has 0 spiro atoms. The van der Waals surface area contributed by atoms with Crippen LogP contribution in [-0.4, -0.2) is 23.3 Å². The van der Waals surface area contributed by atoms with Crippen LogP contribution in [0.15, 0.2) is 18.3 Å². The fraction of sp³-hybridized carbons (Fsp3) is 0.455. The molecular weight excluding hydrogens is 269 g/mol. The first-order chi connectivity index (χ1) is 8.45. The molecule has 18 heavy (non-hydrogen) atoms. The van der Waals surface area contributed by atoms with Gasteiger partial charge < -0.3 is 5.32 Å². The SMILES string of the molecule is O=C(NCCCCCl)c1ccc(C(F)(F)F)cn1. The lowest BCUT2D eigenvalue weighted by molar-refractivity contribution is -0.137. The van der Waals surface area contributed by atoms with Crippen molar-refractivity contribution in [2.75, 3.05) is 12.4 Å². The third kappa shape index (κ3) is 4.52. The Morgan fingerprint density at radius 1 is 1.33 bits per heavy atom. The summed E-state index contributed by atoms with van der Waals surface area (Å²) in [7, 11) is 0. The fourth-order valence-electron chi connectivity index (χ4n) is 1.21. The number of alkyl halides is 4. The van der Waals surface area contributed by atoms with Crippen LogP contribution in [0.25, 0.3) is 0 Å². The molecule has 0 aliphatic rings. The van der Waals surface area contributed by atoms with Crippen LogP contribution in [0, 0.1) is 0 Å². The van der Waals surface area contributed by atoms with Crippen LogP contribution < -0.4 is 5.32 Å². The molecule has 1 amide bonds. The number of carbonyl (C=O) groups excluding carboxylic acids is 1. The van der Waals surface area contributed by atoms with Crippen molar-refractivity contribution in [3.05, 3.63) is 29.6 Å². The summed E-state index contributed by atoms with van der Waals surface area (Å²) in [6.07, 6.45) is -2.31. The highest BCUT2D eigenvalue weighted by molar-refractivity contribution is 6.17. The van der Waals surface area contributed by atoms with Gasteiger partial charge in [-0.15, -0.1) is 11.6 Å². The van der Waals surface area contributed by atoms with Crippen molar-refractivity contribution in [3.63, 3.8) is 0 Å². The standard InChI is InChI=1S/C11H12ClF3N2O/c12-5-1-2-6-16-10(18)9-4-3-8(7-17-9)11(13,14)15/h3-4,7H,1-2,5-6H2,(H,16,18). The van der Waals surface area contributed by atoms with E-state index < -0.39 is 17.6 Å². The van der Waals surface area contributed by atoms with Gasteiger partial charge in [0.1, 0.15) is 5.69 Å². The van der Waals surface area contributed by atoms with Crippen LogP contribution in [-0.2, 0) is 6.18 Å². The molecule has 1 heterocycles. The van der Waals surface area contributed by atoms with Gasteiger partial charge >= 0.3 is 6.18 Å². The monoisotopic (exact) mass is 280 g/mol. The van der Waals surface area contributed by atoms with Crippen molar-refractivity contribution in [2.24, 2.45) is 0 Å². The molecule has 7 heteroatoms. The summed E-state index contributed by atoms with van der Waals surface area (Å²) in [4.78, 5) is 15.0. The molecule has 0 atom stereocenters. The number of rotatable bonds is 5. The van der Waals surface area contributed by atoms with Crippen LogP contribution in [0.3, 0.4) is 0 Å². The number of unbranched alkanes of at least 4 members (excludes halogenated alkanes) is 1. The van der Waals surface area contributed by atoms with E-state index in [4.69, 9.17) is 11.6 Å². The first-order valence-corrected chi connectivity index (χ1v) is 5.86. The van der Waals surface area contributed by atoms with Gasteiger partial charge in [-0.2, -0.15) is 13.2 Å². The molecule has 0 saturated heterocycles.